The highest BCUT2D eigenvalue weighted by Gasteiger charge is 2.15. The van der Waals surface area contributed by atoms with Crippen molar-refractivity contribution in [1.82, 2.24) is 9.55 Å². The molecule has 0 bridgehead atoms. The number of halogens is 2. The summed E-state index contributed by atoms with van der Waals surface area (Å²) in [7, 11) is 0. The highest BCUT2D eigenvalue weighted by atomic mass is 35.5. The Morgan fingerprint density at radius 3 is 2.89 bits per heavy atom. The molecule has 0 aliphatic carbocycles. The molecule has 100 valence electrons. The zero-order valence-electron chi connectivity index (χ0n) is 9.77. The van der Waals surface area contributed by atoms with Gasteiger partial charge in [-0.1, -0.05) is 47.6 Å². The minimum absolute atomic E-state index is 0.0737. The minimum Gasteiger partial charge on any atom is -0.481 e. The molecule has 1 aromatic carbocycles. The van der Waals surface area contributed by atoms with Gasteiger partial charge in [0.2, 0.25) is 0 Å². The van der Waals surface area contributed by atoms with Crippen molar-refractivity contribution in [3.8, 4) is 0 Å². The first-order valence-corrected chi connectivity index (χ1v) is 7.06. The molecule has 0 spiro atoms. The van der Waals surface area contributed by atoms with E-state index in [1.54, 1.807) is 16.7 Å². The number of carboxylic acids is 1. The fourth-order valence-corrected chi connectivity index (χ4v) is 2.79. The summed E-state index contributed by atoms with van der Waals surface area (Å²) in [5.74, 6) is -0.977. The number of hydrogen-bond acceptors (Lipinski definition) is 3. The van der Waals surface area contributed by atoms with Crippen LogP contribution in [0.25, 0.3) is 11.0 Å². The van der Waals surface area contributed by atoms with Crippen molar-refractivity contribution in [3.05, 3.63) is 34.8 Å². The van der Waals surface area contributed by atoms with Crippen molar-refractivity contribution in [2.75, 3.05) is 5.75 Å². The van der Waals surface area contributed by atoms with Crippen molar-refractivity contribution in [2.24, 2.45) is 0 Å². The maximum absolute atomic E-state index is 10.7. The average Bonchev–Trinajstić information content (AvgIpc) is 2.65. The molecular weight excluding hydrogens is 307 g/mol. The van der Waals surface area contributed by atoms with E-state index in [1.165, 1.54) is 0 Å². The second kappa shape index (κ2) is 5.86. The van der Waals surface area contributed by atoms with Crippen molar-refractivity contribution in [3.63, 3.8) is 0 Å². The number of rotatable bonds is 5. The molecule has 0 fully saturated rings. The minimum atomic E-state index is -0.903. The van der Waals surface area contributed by atoms with E-state index < -0.39 is 5.97 Å². The number of allylic oxidation sites excluding steroid dienone is 1. The van der Waals surface area contributed by atoms with E-state index in [0.717, 1.165) is 17.3 Å². The number of nitrogens with zero attached hydrogens (tertiary/aromatic N) is 2. The van der Waals surface area contributed by atoms with E-state index >= 15 is 0 Å². The van der Waals surface area contributed by atoms with Crippen LogP contribution in [0.15, 0.2) is 35.0 Å². The van der Waals surface area contributed by atoms with Crippen LogP contribution in [-0.4, -0.2) is 26.4 Å². The van der Waals surface area contributed by atoms with Crippen molar-refractivity contribution >= 4 is 52.0 Å². The fourth-order valence-electron chi connectivity index (χ4n) is 1.68. The number of aliphatic carboxylic acids is 1. The summed E-state index contributed by atoms with van der Waals surface area (Å²) in [4.78, 5) is 15.0. The van der Waals surface area contributed by atoms with Crippen LogP contribution in [0.1, 0.15) is 0 Å². The summed E-state index contributed by atoms with van der Waals surface area (Å²) >= 11 is 13.1. The largest absolute Gasteiger partial charge is 0.481 e. The van der Waals surface area contributed by atoms with Gasteiger partial charge in [0.1, 0.15) is 0 Å². The van der Waals surface area contributed by atoms with Gasteiger partial charge in [-0.2, -0.15) is 0 Å². The second-order valence-electron chi connectivity index (χ2n) is 3.79. The molecule has 0 radical (unpaired) electrons. The highest BCUT2D eigenvalue weighted by Crippen LogP contribution is 2.30. The molecule has 2 aromatic rings. The SMILES string of the molecule is C=C(Cl)Cn1c(SCC(=O)O)nc2cccc(Cl)c21. The smallest absolute Gasteiger partial charge is 0.313 e. The maximum Gasteiger partial charge on any atom is 0.313 e. The molecule has 7 heteroatoms. The predicted molar refractivity (Wildman–Crippen MR) is 78.1 cm³/mol. The molecule has 1 N–H and O–H groups in total. The Bertz CT molecular complexity index is 654. The Morgan fingerprint density at radius 1 is 1.53 bits per heavy atom. The number of para-hydroxylation sites is 1. The van der Waals surface area contributed by atoms with E-state index in [4.69, 9.17) is 28.3 Å². The third-order valence-corrected chi connectivity index (χ3v) is 3.72. The quantitative estimate of drug-likeness (QED) is 0.856. The van der Waals surface area contributed by atoms with E-state index in [-0.39, 0.29) is 5.75 Å². The van der Waals surface area contributed by atoms with Crippen molar-refractivity contribution in [1.29, 1.82) is 0 Å². The summed E-state index contributed by atoms with van der Waals surface area (Å²) in [5.41, 5.74) is 1.44. The first kappa shape index (κ1) is 14.2. The summed E-state index contributed by atoms with van der Waals surface area (Å²) < 4.78 is 1.78. The van der Waals surface area contributed by atoms with E-state index in [9.17, 15) is 4.79 Å². The number of thioether (sulfide) groups is 1. The van der Waals surface area contributed by atoms with Gasteiger partial charge in [0.15, 0.2) is 5.16 Å². The number of carboxylic acid groups (broad SMARTS) is 1. The molecule has 0 atom stereocenters. The summed E-state index contributed by atoms with van der Waals surface area (Å²) in [5, 5.41) is 10.3. The maximum atomic E-state index is 10.7. The van der Waals surface area contributed by atoms with Crippen LogP contribution in [-0.2, 0) is 11.3 Å². The van der Waals surface area contributed by atoms with Crippen LogP contribution >= 0.6 is 35.0 Å². The number of benzene rings is 1. The molecule has 0 aliphatic heterocycles. The highest BCUT2D eigenvalue weighted by molar-refractivity contribution is 7.99. The van der Waals surface area contributed by atoms with Crippen LogP contribution in [0.2, 0.25) is 5.02 Å². The van der Waals surface area contributed by atoms with Gasteiger partial charge < -0.3 is 9.67 Å². The van der Waals surface area contributed by atoms with Gasteiger partial charge >= 0.3 is 5.97 Å². The molecule has 0 amide bonds. The van der Waals surface area contributed by atoms with E-state index in [1.807, 2.05) is 6.07 Å². The van der Waals surface area contributed by atoms with E-state index in [0.29, 0.717) is 27.3 Å². The standard InChI is InChI=1S/C12H10Cl2N2O2S/c1-7(13)5-16-11-8(14)3-2-4-9(11)15-12(16)19-6-10(17)18/h2-4H,1,5-6H2,(H,17,18). The lowest BCUT2D eigenvalue weighted by Gasteiger charge is -2.07. The van der Waals surface area contributed by atoms with Gasteiger partial charge in [-0.15, -0.1) is 0 Å². The molecule has 0 saturated carbocycles. The lowest BCUT2D eigenvalue weighted by atomic mass is 10.3. The molecule has 1 heterocycles. The molecule has 0 unspecified atom stereocenters. The predicted octanol–water partition coefficient (Wildman–Crippen LogP) is 3.62. The summed E-state index contributed by atoms with van der Waals surface area (Å²) in [6, 6.07) is 5.37. The normalized spacial score (nSPS) is 10.8. The third-order valence-electron chi connectivity index (χ3n) is 2.34. The van der Waals surface area contributed by atoms with Crippen LogP contribution in [0, 0.1) is 0 Å². The van der Waals surface area contributed by atoms with Gasteiger partial charge in [0.25, 0.3) is 0 Å². The van der Waals surface area contributed by atoms with Crippen LogP contribution in [0.3, 0.4) is 0 Å². The molecule has 19 heavy (non-hydrogen) atoms. The van der Waals surface area contributed by atoms with Gasteiger partial charge in [-0.05, 0) is 12.1 Å². The van der Waals surface area contributed by atoms with Gasteiger partial charge in [-0.3, -0.25) is 4.79 Å². The van der Waals surface area contributed by atoms with Crippen molar-refractivity contribution < 1.29 is 9.90 Å². The number of carbonyl (C=O) groups is 1. The third kappa shape index (κ3) is 3.23. The lowest BCUT2D eigenvalue weighted by molar-refractivity contribution is -0.133. The first-order chi connectivity index (χ1) is 8.99. The number of imidazole rings is 1. The monoisotopic (exact) mass is 316 g/mol. The lowest BCUT2D eigenvalue weighted by Crippen LogP contribution is -2.03. The zero-order chi connectivity index (χ0) is 14.0. The Hall–Kier alpha value is -1.17. The molecular formula is C12H10Cl2N2O2S. The summed E-state index contributed by atoms with van der Waals surface area (Å²) in [6.45, 7) is 3.99. The molecule has 0 saturated heterocycles. The van der Waals surface area contributed by atoms with Crippen LogP contribution in [0.5, 0.6) is 0 Å². The van der Waals surface area contributed by atoms with Gasteiger partial charge in [-0.25, -0.2) is 4.98 Å². The second-order valence-corrected chi connectivity index (χ2v) is 5.67. The van der Waals surface area contributed by atoms with Crippen LogP contribution < -0.4 is 0 Å². The Labute approximate surface area is 124 Å². The molecule has 2 rings (SSSR count). The zero-order valence-corrected chi connectivity index (χ0v) is 12.1. The Morgan fingerprint density at radius 2 is 2.26 bits per heavy atom. The Kier molecular flexibility index (Phi) is 4.39. The van der Waals surface area contributed by atoms with Gasteiger partial charge in [0.05, 0.1) is 28.4 Å². The number of fused-ring (bicyclic) bond motifs is 1. The first-order valence-electron chi connectivity index (χ1n) is 5.31. The number of aromatic nitrogens is 2. The van der Waals surface area contributed by atoms with Gasteiger partial charge in [0, 0.05) is 5.03 Å². The van der Waals surface area contributed by atoms with E-state index in [2.05, 4.69) is 11.6 Å². The van der Waals surface area contributed by atoms with Crippen LogP contribution in [0.4, 0.5) is 0 Å². The average molecular weight is 317 g/mol. The molecule has 4 nitrogen and oxygen atoms in total. The Balaban J connectivity index is 2.52. The summed E-state index contributed by atoms with van der Waals surface area (Å²) in [6.07, 6.45) is 0. The molecule has 1 aromatic heterocycles. The fraction of sp³-hybridized carbons (Fsp3) is 0.167. The topological polar surface area (TPSA) is 55.1 Å². The number of hydrogen-bond donors (Lipinski definition) is 1. The molecule has 0 aliphatic rings. The van der Waals surface area contributed by atoms with Crippen molar-refractivity contribution in [2.45, 2.75) is 11.7 Å².